The van der Waals surface area contributed by atoms with E-state index in [9.17, 15) is 23.1 Å². The van der Waals surface area contributed by atoms with Gasteiger partial charge >= 0.3 is 12.1 Å². The molecule has 0 fully saturated rings. The monoisotopic (exact) mass is 278 g/mol. The molecule has 1 aromatic carbocycles. The molecule has 7 heteroatoms. The number of halogens is 3. The van der Waals surface area contributed by atoms with Crippen LogP contribution in [0.3, 0.4) is 0 Å². The van der Waals surface area contributed by atoms with Gasteiger partial charge in [0.2, 0.25) is 0 Å². The fraction of sp³-hybridized carbons (Fsp3) is 0.417. The minimum atomic E-state index is -4.45. The molecule has 1 aromatic rings. The molecule has 0 saturated carbocycles. The number of methoxy groups -OCH3 is 2. The Morgan fingerprint density at radius 1 is 1.21 bits per heavy atom. The third-order valence-corrected chi connectivity index (χ3v) is 2.55. The van der Waals surface area contributed by atoms with Gasteiger partial charge in [-0.15, -0.1) is 0 Å². The van der Waals surface area contributed by atoms with Crippen molar-refractivity contribution in [2.24, 2.45) is 0 Å². The third kappa shape index (κ3) is 3.68. The van der Waals surface area contributed by atoms with E-state index in [2.05, 4.69) is 4.74 Å². The van der Waals surface area contributed by atoms with Crippen LogP contribution in [0.2, 0.25) is 0 Å². The molecular formula is C12H13F3O4. The molecule has 0 spiro atoms. The van der Waals surface area contributed by atoms with Gasteiger partial charge in [0.05, 0.1) is 12.7 Å². The number of ether oxygens (including phenoxy) is 2. The van der Waals surface area contributed by atoms with Gasteiger partial charge in [-0.2, -0.15) is 13.2 Å². The van der Waals surface area contributed by atoms with E-state index in [1.165, 1.54) is 7.11 Å². The van der Waals surface area contributed by atoms with Crippen LogP contribution in [0.15, 0.2) is 24.3 Å². The molecule has 0 saturated heterocycles. The molecule has 1 N–H and O–H groups in total. The standard InChI is InChI=1S/C12H13F3O4/c1-18-10(11(17)19-2)9(16)7-3-5-8(6-4-7)12(13,14)15/h3-6,9-10,16H,1-2H3/t9-,10+/m1/s1. The van der Waals surface area contributed by atoms with Crippen LogP contribution in [-0.2, 0) is 20.4 Å². The van der Waals surface area contributed by atoms with Gasteiger partial charge in [-0.25, -0.2) is 4.79 Å². The van der Waals surface area contributed by atoms with Gasteiger partial charge in [-0.1, -0.05) is 12.1 Å². The molecule has 0 aliphatic heterocycles. The van der Waals surface area contributed by atoms with E-state index >= 15 is 0 Å². The highest BCUT2D eigenvalue weighted by Crippen LogP contribution is 2.30. The van der Waals surface area contributed by atoms with Crippen molar-refractivity contribution in [1.29, 1.82) is 0 Å². The lowest BCUT2D eigenvalue weighted by Crippen LogP contribution is -2.31. The van der Waals surface area contributed by atoms with E-state index in [0.29, 0.717) is 0 Å². The SMILES string of the molecule is COC(=O)[C@@H](OC)[C@H](O)c1ccc(C(F)(F)F)cc1. The molecule has 0 amide bonds. The van der Waals surface area contributed by atoms with Crippen LogP contribution in [0.1, 0.15) is 17.2 Å². The first-order valence-electron chi connectivity index (χ1n) is 5.27. The summed E-state index contributed by atoms with van der Waals surface area (Å²) in [6.07, 6.45) is -7.14. The average molecular weight is 278 g/mol. The maximum absolute atomic E-state index is 12.4. The molecule has 0 radical (unpaired) electrons. The Kier molecular flexibility index (Phi) is 4.90. The van der Waals surface area contributed by atoms with Crippen LogP contribution in [0.25, 0.3) is 0 Å². The zero-order valence-corrected chi connectivity index (χ0v) is 10.3. The topological polar surface area (TPSA) is 55.8 Å². The van der Waals surface area contributed by atoms with Gasteiger partial charge in [0.25, 0.3) is 0 Å². The number of aliphatic hydroxyl groups is 1. The molecule has 0 aromatic heterocycles. The Bertz CT molecular complexity index is 428. The van der Waals surface area contributed by atoms with Crippen LogP contribution in [0.4, 0.5) is 13.2 Å². The van der Waals surface area contributed by atoms with E-state index in [-0.39, 0.29) is 5.56 Å². The quantitative estimate of drug-likeness (QED) is 0.855. The van der Waals surface area contributed by atoms with Crippen LogP contribution >= 0.6 is 0 Å². The van der Waals surface area contributed by atoms with Gasteiger partial charge < -0.3 is 14.6 Å². The Balaban J connectivity index is 2.94. The van der Waals surface area contributed by atoms with Crippen LogP contribution in [0.5, 0.6) is 0 Å². The van der Waals surface area contributed by atoms with Gasteiger partial charge in [0.15, 0.2) is 6.10 Å². The molecule has 2 atom stereocenters. The average Bonchev–Trinajstić information content (AvgIpc) is 2.38. The summed E-state index contributed by atoms with van der Waals surface area (Å²) in [6.45, 7) is 0. The summed E-state index contributed by atoms with van der Waals surface area (Å²) in [5.41, 5.74) is -0.708. The number of hydrogen-bond donors (Lipinski definition) is 1. The number of carbonyl (C=O) groups excluding carboxylic acids is 1. The Morgan fingerprint density at radius 3 is 2.11 bits per heavy atom. The van der Waals surface area contributed by atoms with E-state index in [4.69, 9.17) is 4.74 Å². The molecule has 0 aliphatic rings. The zero-order valence-electron chi connectivity index (χ0n) is 10.3. The number of rotatable bonds is 4. The summed E-state index contributed by atoms with van der Waals surface area (Å²) in [5.74, 6) is -0.810. The number of benzene rings is 1. The fourth-order valence-corrected chi connectivity index (χ4v) is 1.51. The molecular weight excluding hydrogens is 265 g/mol. The Labute approximate surface area is 107 Å². The van der Waals surface area contributed by atoms with Gasteiger partial charge in [0, 0.05) is 7.11 Å². The third-order valence-electron chi connectivity index (χ3n) is 2.55. The first-order chi connectivity index (χ1) is 8.81. The van der Waals surface area contributed by atoms with Crippen molar-refractivity contribution in [2.75, 3.05) is 14.2 Å². The maximum atomic E-state index is 12.4. The van der Waals surface area contributed by atoms with E-state index in [0.717, 1.165) is 31.4 Å². The van der Waals surface area contributed by atoms with E-state index < -0.39 is 29.9 Å². The molecule has 19 heavy (non-hydrogen) atoms. The number of aliphatic hydroxyl groups excluding tert-OH is 1. The minimum absolute atomic E-state index is 0.130. The van der Waals surface area contributed by atoms with Gasteiger partial charge in [0.1, 0.15) is 6.10 Å². The summed E-state index contributed by atoms with van der Waals surface area (Å²) < 4.78 is 46.3. The largest absolute Gasteiger partial charge is 0.467 e. The van der Waals surface area contributed by atoms with Crippen molar-refractivity contribution >= 4 is 5.97 Å². The predicted molar refractivity (Wildman–Crippen MR) is 59.2 cm³/mol. The highest BCUT2D eigenvalue weighted by atomic mass is 19.4. The Morgan fingerprint density at radius 2 is 1.74 bits per heavy atom. The second-order valence-electron chi connectivity index (χ2n) is 3.74. The fourth-order valence-electron chi connectivity index (χ4n) is 1.51. The Hall–Kier alpha value is -1.60. The highest BCUT2D eigenvalue weighted by molar-refractivity contribution is 5.75. The number of hydrogen-bond acceptors (Lipinski definition) is 4. The van der Waals surface area contributed by atoms with Crippen molar-refractivity contribution in [3.8, 4) is 0 Å². The summed E-state index contributed by atoms with van der Waals surface area (Å²) in [6, 6.07) is 3.82. The lowest BCUT2D eigenvalue weighted by atomic mass is 10.0. The summed E-state index contributed by atoms with van der Waals surface area (Å²) in [5, 5.41) is 9.87. The van der Waals surface area contributed by atoms with Crippen LogP contribution in [0, 0.1) is 0 Å². The summed E-state index contributed by atoms with van der Waals surface area (Å²) >= 11 is 0. The normalized spacial score (nSPS) is 14.8. The number of alkyl halides is 3. The lowest BCUT2D eigenvalue weighted by Gasteiger charge is -2.19. The summed E-state index contributed by atoms with van der Waals surface area (Å²) in [4.78, 5) is 11.3. The number of carbonyl (C=O) groups is 1. The molecule has 0 aliphatic carbocycles. The van der Waals surface area contributed by atoms with Crippen LogP contribution in [-0.4, -0.2) is 31.4 Å². The maximum Gasteiger partial charge on any atom is 0.416 e. The van der Waals surface area contributed by atoms with Crippen molar-refractivity contribution in [2.45, 2.75) is 18.4 Å². The first-order valence-corrected chi connectivity index (χ1v) is 5.27. The van der Waals surface area contributed by atoms with Gasteiger partial charge in [-0.3, -0.25) is 0 Å². The second-order valence-corrected chi connectivity index (χ2v) is 3.74. The van der Waals surface area contributed by atoms with Crippen molar-refractivity contribution in [1.82, 2.24) is 0 Å². The van der Waals surface area contributed by atoms with Crippen LogP contribution < -0.4 is 0 Å². The minimum Gasteiger partial charge on any atom is -0.467 e. The zero-order chi connectivity index (χ0) is 14.6. The lowest BCUT2D eigenvalue weighted by molar-refractivity contribution is -0.159. The first kappa shape index (κ1) is 15.5. The highest BCUT2D eigenvalue weighted by Gasteiger charge is 2.32. The van der Waals surface area contributed by atoms with Gasteiger partial charge in [-0.05, 0) is 17.7 Å². The summed E-state index contributed by atoms with van der Waals surface area (Å²) in [7, 11) is 2.31. The molecule has 0 bridgehead atoms. The molecule has 106 valence electrons. The van der Waals surface area contributed by atoms with Crippen molar-refractivity contribution in [3.05, 3.63) is 35.4 Å². The number of esters is 1. The predicted octanol–water partition coefficient (Wildman–Crippen LogP) is 1.93. The molecule has 0 unspecified atom stereocenters. The van der Waals surface area contributed by atoms with Crippen molar-refractivity contribution < 1.29 is 32.5 Å². The second kappa shape index (κ2) is 6.03. The van der Waals surface area contributed by atoms with E-state index in [1.807, 2.05) is 0 Å². The molecule has 1 rings (SSSR count). The van der Waals surface area contributed by atoms with E-state index in [1.54, 1.807) is 0 Å². The molecule has 4 nitrogen and oxygen atoms in total. The molecule has 0 heterocycles. The smallest absolute Gasteiger partial charge is 0.416 e. The van der Waals surface area contributed by atoms with Crippen molar-refractivity contribution in [3.63, 3.8) is 0 Å².